The second-order valence-electron chi connectivity index (χ2n) is 6.22. The number of rotatable bonds is 11. The molecular formula is C20H34ClNO. The highest BCUT2D eigenvalue weighted by Gasteiger charge is 2.04. The van der Waals surface area contributed by atoms with Gasteiger partial charge < -0.3 is 5.11 Å². The molecule has 132 valence electrons. The molecule has 0 atom stereocenters. The van der Waals surface area contributed by atoms with Crippen molar-refractivity contribution in [3.63, 3.8) is 0 Å². The smallest absolute Gasteiger partial charge is 0.0450 e. The van der Waals surface area contributed by atoms with Crippen LogP contribution in [0, 0.1) is 13.8 Å². The third-order valence-electron chi connectivity index (χ3n) is 4.11. The quantitative estimate of drug-likeness (QED) is 0.516. The van der Waals surface area contributed by atoms with Crippen LogP contribution in [-0.4, -0.2) is 16.7 Å². The molecule has 0 saturated carbocycles. The largest absolute Gasteiger partial charge is 0.396 e. The van der Waals surface area contributed by atoms with Crippen molar-refractivity contribution in [3.8, 4) is 0 Å². The van der Waals surface area contributed by atoms with E-state index in [1.54, 1.807) is 0 Å². The molecule has 2 nitrogen and oxygen atoms in total. The maximum Gasteiger partial charge on any atom is 0.0450 e. The van der Waals surface area contributed by atoms with Gasteiger partial charge in [-0.3, -0.25) is 4.98 Å². The zero-order valence-corrected chi connectivity index (χ0v) is 15.9. The van der Waals surface area contributed by atoms with E-state index in [-0.39, 0.29) is 19.0 Å². The second kappa shape index (κ2) is 13.6. The first-order chi connectivity index (χ1) is 10.7. The number of aryl methyl sites for hydroxylation is 3. The molecule has 0 aromatic carbocycles. The minimum Gasteiger partial charge on any atom is -0.396 e. The van der Waals surface area contributed by atoms with E-state index >= 15 is 0 Å². The van der Waals surface area contributed by atoms with Crippen LogP contribution in [0.1, 0.15) is 80.8 Å². The highest BCUT2D eigenvalue weighted by Crippen LogP contribution is 2.17. The average molecular weight is 340 g/mol. The van der Waals surface area contributed by atoms with Crippen molar-refractivity contribution in [1.29, 1.82) is 0 Å². The van der Waals surface area contributed by atoms with Gasteiger partial charge in [-0.05, 0) is 56.7 Å². The highest BCUT2D eigenvalue weighted by molar-refractivity contribution is 5.85. The summed E-state index contributed by atoms with van der Waals surface area (Å²) >= 11 is 0. The fourth-order valence-corrected chi connectivity index (χ4v) is 2.80. The van der Waals surface area contributed by atoms with E-state index in [9.17, 15) is 0 Å². The summed E-state index contributed by atoms with van der Waals surface area (Å²) in [6.07, 6.45) is 15.4. The molecule has 0 spiro atoms. The summed E-state index contributed by atoms with van der Waals surface area (Å²) in [6, 6.07) is 2.16. The first kappa shape index (κ1) is 22.1. The number of aromatic nitrogens is 1. The minimum atomic E-state index is 0. The number of allylic oxidation sites excluding steroid dienone is 1. The van der Waals surface area contributed by atoms with Gasteiger partial charge in [-0.1, -0.05) is 51.2 Å². The van der Waals surface area contributed by atoms with Gasteiger partial charge in [0.25, 0.3) is 0 Å². The number of pyridine rings is 1. The Bertz CT molecular complexity index is 434. The van der Waals surface area contributed by atoms with Gasteiger partial charge in [0.15, 0.2) is 0 Å². The SMILES string of the molecule is CCCCCCCC/C=C\c1c(C)cc(CCCO)nc1C.Cl. The van der Waals surface area contributed by atoms with Crippen molar-refractivity contribution in [2.24, 2.45) is 0 Å². The van der Waals surface area contributed by atoms with Gasteiger partial charge in [-0.2, -0.15) is 0 Å². The van der Waals surface area contributed by atoms with Crippen LogP contribution in [0.2, 0.25) is 0 Å². The van der Waals surface area contributed by atoms with Gasteiger partial charge in [0.2, 0.25) is 0 Å². The molecule has 0 aliphatic heterocycles. The van der Waals surface area contributed by atoms with Crippen molar-refractivity contribution < 1.29 is 5.11 Å². The molecule has 0 aliphatic rings. The van der Waals surface area contributed by atoms with Gasteiger partial charge in [0.1, 0.15) is 0 Å². The molecule has 23 heavy (non-hydrogen) atoms. The molecule has 0 radical (unpaired) electrons. The lowest BCUT2D eigenvalue weighted by molar-refractivity contribution is 0.288. The lowest BCUT2D eigenvalue weighted by Gasteiger charge is -2.08. The average Bonchev–Trinajstić information content (AvgIpc) is 2.50. The maximum absolute atomic E-state index is 8.92. The summed E-state index contributed by atoms with van der Waals surface area (Å²) in [5.41, 5.74) is 4.75. The molecule has 1 rings (SSSR count). The monoisotopic (exact) mass is 339 g/mol. The predicted octanol–water partition coefficient (Wildman–Crippen LogP) is 5.81. The molecule has 1 aromatic heterocycles. The van der Waals surface area contributed by atoms with Crippen LogP contribution in [0.3, 0.4) is 0 Å². The number of nitrogens with zero attached hydrogens (tertiary/aromatic N) is 1. The standard InChI is InChI=1S/C20H33NO.ClH/c1-4-5-6-7-8-9-10-11-14-20-17(2)16-19(13-12-15-22)21-18(20)3;/h11,14,16,22H,4-10,12-13,15H2,1-3H3;1H/b14-11-;. The summed E-state index contributed by atoms with van der Waals surface area (Å²) < 4.78 is 0. The molecule has 3 heteroatoms. The number of hydrogen-bond acceptors (Lipinski definition) is 2. The summed E-state index contributed by atoms with van der Waals surface area (Å²) in [4.78, 5) is 4.66. The zero-order chi connectivity index (χ0) is 16.2. The van der Waals surface area contributed by atoms with Crippen LogP contribution in [0.15, 0.2) is 12.1 Å². The molecule has 1 N–H and O–H groups in total. The maximum atomic E-state index is 8.92. The lowest BCUT2D eigenvalue weighted by atomic mass is 10.0. The first-order valence-corrected chi connectivity index (χ1v) is 8.93. The van der Waals surface area contributed by atoms with Crippen LogP contribution < -0.4 is 0 Å². The van der Waals surface area contributed by atoms with E-state index in [1.165, 1.54) is 49.7 Å². The van der Waals surface area contributed by atoms with Crippen molar-refractivity contribution in [1.82, 2.24) is 4.98 Å². The third-order valence-corrected chi connectivity index (χ3v) is 4.11. The molecular weight excluding hydrogens is 306 g/mol. The van der Waals surface area contributed by atoms with Gasteiger partial charge in [0, 0.05) is 18.0 Å². The van der Waals surface area contributed by atoms with Crippen LogP contribution in [0.25, 0.3) is 6.08 Å². The highest BCUT2D eigenvalue weighted by atomic mass is 35.5. The van der Waals surface area contributed by atoms with Gasteiger partial charge in [-0.15, -0.1) is 12.4 Å². The van der Waals surface area contributed by atoms with Crippen molar-refractivity contribution in [2.75, 3.05) is 6.61 Å². The summed E-state index contributed by atoms with van der Waals surface area (Å²) in [7, 11) is 0. The Kier molecular flexibility index (Phi) is 13.1. The van der Waals surface area contributed by atoms with Crippen LogP contribution in [-0.2, 0) is 6.42 Å². The van der Waals surface area contributed by atoms with Gasteiger partial charge in [0.05, 0.1) is 0 Å². The zero-order valence-electron chi connectivity index (χ0n) is 15.1. The Balaban J connectivity index is 0.00000484. The number of aliphatic hydroxyl groups is 1. The van der Waals surface area contributed by atoms with E-state index in [0.717, 1.165) is 30.7 Å². The van der Waals surface area contributed by atoms with Crippen molar-refractivity contribution in [2.45, 2.75) is 78.6 Å². The summed E-state index contributed by atoms with van der Waals surface area (Å²) in [6.45, 7) is 6.73. The van der Waals surface area contributed by atoms with Crippen LogP contribution >= 0.6 is 12.4 Å². The van der Waals surface area contributed by atoms with Crippen molar-refractivity contribution in [3.05, 3.63) is 34.7 Å². The Morgan fingerprint density at radius 1 is 1.04 bits per heavy atom. The minimum absolute atomic E-state index is 0. The Morgan fingerprint density at radius 2 is 1.74 bits per heavy atom. The Morgan fingerprint density at radius 3 is 2.39 bits per heavy atom. The van der Waals surface area contributed by atoms with Crippen LogP contribution in [0.4, 0.5) is 0 Å². The number of halogens is 1. The third kappa shape index (κ3) is 9.12. The summed E-state index contributed by atoms with van der Waals surface area (Å²) in [5, 5.41) is 8.92. The fraction of sp³-hybridized carbons (Fsp3) is 0.650. The fourth-order valence-electron chi connectivity index (χ4n) is 2.80. The Labute approximate surface area is 148 Å². The Hall–Kier alpha value is -0.860. The molecule has 0 saturated heterocycles. The topological polar surface area (TPSA) is 33.1 Å². The molecule has 0 fully saturated rings. The number of aliphatic hydroxyl groups excluding tert-OH is 1. The van der Waals surface area contributed by atoms with E-state index in [2.05, 4.69) is 44.0 Å². The second-order valence-corrected chi connectivity index (χ2v) is 6.22. The summed E-state index contributed by atoms with van der Waals surface area (Å²) in [5.74, 6) is 0. The first-order valence-electron chi connectivity index (χ1n) is 8.93. The van der Waals surface area contributed by atoms with E-state index in [4.69, 9.17) is 5.11 Å². The van der Waals surface area contributed by atoms with Gasteiger partial charge in [-0.25, -0.2) is 0 Å². The van der Waals surface area contributed by atoms with Crippen molar-refractivity contribution >= 4 is 18.5 Å². The number of hydrogen-bond donors (Lipinski definition) is 1. The molecule has 0 amide bonds. The molecule has 1 aromatic rings. The van der Waals surface area contributed by atoms with Gasteiger partial charge >= 0.3 is 0 Å². The van der Waals surface area contributed by atoms with E-state index in [0.29, 0.717) is 0 Å². The molecule has 0 aliphatic carbocycles. The normalized spacial score (nSPS) is 11.0. The molecule has 0 unspecified atom stereocenters. The van der Waals surface area contributed by atoms with E-state index < -0.39 is 0 Å². The lowest BCUT2D eigenvalue weighted by Crippen LogP contribution is -1.99. The predicted molar refractivity (Wildman–Crippen MR) is 103 cm³/mol. The van der Waals surface area contributed by atoms with E-state index in [1.807, 2.05) is 0 Å². The molecule has 0 bridgehead atoms. The molecule has 1 heterocycles. The van der Waals surface area contributed by atoms with Crippen LogP contribution in [0.5, 0.6) is 0 Å². The number of unbranched alkanes of at least 4 members (excludes halogenated alkanes) is 6.